The van der Waals surface area contributed by atoms with Gasteiger partial charge in [0, 0.05) is 23.2 Å². The van der Waals surface area contributed by atoms with Gasteiger partial charge in [0.05, 0.1) is 4.92 Å². The largest absolute Gasteiger partial charge is 0.373 e. The van der Waals surface area contributed by atoms with E-state index in [2.05, 4.69) is 26.2 Å². The maximum Gasteiger partial charge on any atom is 0.295 e. The maximum atomic E-state index is 11.0. The third-order valence-electron chi connectivity index (χ3n) is 2.46. The van der Waals surface area contributed by atoms with Gasteiger partial charge in [-0.3, -0.25) is 10.1 Å². The summed E-state index contributed by atoms with van der Waals surface area (Å²) in [6.07, 6.45) is 0. The molecule has 0 saturated heterocycles. The number of rotatable bonds is 3. The number of hydrogen-bond acceptors (Lipinski definition) is 4. The molecule has 1 N–H and O–H groups in total. The van der Waals surface area contributed by atoms with Crippen LogP contribution in [0.4, 0.5) is 11.5 Å². The number of nitrogens with zero attached hydrogens (tertiary/aromatic N) is 2. The predicted molar refractivity (Wildman–Crippen MR) is 73.6 cm³/mol. The molecule has 0 aliphatic rings. The lowest BCUT2D eigenvalue weighted by Gasteiger charge is -2.07. The Balaban J connectivity index is 2.68. The van der Waals surface area contributed by atoms with Crippen LogP contribution in [-0.4, -0.2) is 17.0 Å². The minimum absolute atomic E-state index is 0.0131. The first kappa shape index (κ1) is 12.5. The molecule has 6 heteroatoms. The normalized spacial score (nSPS) is 10.1. The Kier molecular flexibility index (Phi) is 3.57. The van der Waals surface area contributed by atoms with Gasteiger partial charge in [0.1, 0.15) is 5.82 Å². The summed E-state index contributed by atoms with van der Waals surface area (Å²) in [5.74, 6) is 0.589. The monoisotopic (exact) mass is 307 g/mol. The van der Waals surface area contributed by atoms with E-state index in [-0.39, 0.29) is 5.69 Å². The summed E-state index contributed by atoms with van der Waals surface area (Å²) >= 11 is 3.38. The number of anilines is 1. The summed E-state index contributed by atoms with van der Waals surface area (Å²) in [5.41, 5.74) is 1.03. The summed E-state index contributed by atoms with van der Waals surface area (Å²) < 4.78 is 0.772. The Bertz CT molecular complexity index is 602. The van der Waals surface area contributed by atoms with Crippen LogP contribution in [0.5, 0.6) is 0 Å². The van der Waals surface area contributed by atoms with Crippen LogP contribution in [-0.2, 0) is 0 Å². The average molecular weight is 308 g/mol. The molecule has 0 amide bonds. The van der Waals surface area contributed by atoms with Gasteiger partial charge in [-0.05, 0) is 12.1 Å². The molecule has 0 aliphatic heterocycles. The smallest absolute Gasteiger partial charge is 0.295 e. The summed E-state index contributed by atoms with van der Waals surface area (Å²) in [5, 5.41) is 13.9. The predicted octanol–water partition coefficient (Wildman–Crippen LogP) is 3.46. The van der Waals surface area contributed by atoms with Crippen molar-refractivity contribution < 1.29 is 4.92 Å². The zero-order valence-electron chi connectivity index (χ0n) is 9.55. The number of nitro groups is 1. The number of nitrogens with one attached hydrogen (secondary N) is 1. The van der Waals surface area contributed by atoms with E-state index in [1.807, 2.05) is 18.2 Å². The molecule has 5 nitrogen and oxygen atoms in total. The molecule has 1 heterocycles. The molecule has 0 unspecified atom stereocenters. The minimum Gasteiger partial charge on any atom is -0.373 e. The molecule has 0 saturated carbocycles. The van der Waals surface area contributed by atoms with Crippen molar-refractivity contribution in [3.05, 3.63) is 51.0 Å². The van der Waals surface area contributed by atoms with Crippen molar-refractivity contribution >= 4 is 27.4 Å². The highest BCUT2D eigenvalue weighted by Crippen LogP contribution is 2.33. The van der Waals surface area contributed by atoms with E-state index in [4.69, 9.17) is 0 Å². The topological polar surface area (TPSA) is 68.1 Å². The molecule has 0 atom stereocenters. The van der Waals surface area contributed by atoms with Crippen molar-refractivity contribution in [1.82, 2.24) is 4.98 Å². The molecule has 2 rings (SSSR count). The van der Waals surface area contributed by atoms with Crippen LogP contribution in [0, 0.1) is 10.1 Å². The second-order valence-electron chi connectivity index (χ2n) is 3.55. The Morgan fingerprint density at radius 2 is 2.00 bits per heavy atom. The molecule has 0 bridgehead atoms. The molecule has 0 spiro atoms. The Morgan fingerprint density at radius 1 is 1.28 bits per heavy atom. The van der Waals surface area contributed by atoms with E-state index in [0.29, 0.717) is 17.1 Å². The highest BCUT2D eigenvalue weighted by Gasteiger charge is 2.19. The first-order valence-corrected chi connectivity index (χ1v) is 6.01. The molecular formula is C12H10BrN3O2. The van der Waals surface area contributed by atoms with Crippen LogP contribution in [0.15, 0.2) is 40.9 Å². The van der Waals surface area contributed by atoms with Gasteiger partial charge in [-0.15, -0.1) is 0 Å². The number of pyridine rings is 1. The van der Waals surface area contributed by atoms with Gasteiger partial charge in [-0.1, -0.05) is 34.1 Å². The van der Waals surface area contributed by atoms with Crippen LogP contribution in [0.1, 0.15) is 0 Å². The zero-order valence-corrected chi connectivity index (χ0v) is 11.1. The van der Waals surface area contributed by atoms with Gasteiger partial charge in [0.2, 0.25) is 0 Å². The molecule has 2 aromatic rings. The quantitative estimate of drug-likeness (QED) is 0.696. The molecular weight excluding hydrogens is 298 g/mol. The van der Waals surface area contributed by atoms with Crippen LogP contribution in [0.25, 0.3) is 11.3 Å². The number of benzene rings is 1. The van der Waals surface area contributed by atoms with Crippen LogP contribution < -0.4 is 5.32 Å². The fraction of sp³-hybridized carbons (Fsp3) is 0.0833. The summed E-state index contributed by atoms with van der Waals surface area (Å²) in [6.45, 7) is 0. The third kappa shape index (κ3) is 2.33. The molecule has 0 radical (unpaired) electrons. The number of halogens is 1. The van der Waals surface area contributed by atoms with E-state index < -0.39 is 4.92 Å². The van der Waals surface area contributed by atoms with Crippen molar-refractivity contribution in [2.24, 2.45) is 0 Å². The van der Waals surface area contributed by atoms with E-state index >= 15 is 0 Å². The highest BCUT2D eigenvalue weighted by atomic mass is 79.9. The van der Waals surface area contributed by atoms with Gasteiger partial charge in [-0.25, -0.2) is 4.98 Å². The summed E-state index contributed by atoms with van der Waals surface area (Å²) in [7, 11) is 1.72. The van der Waals surface area contributed by atoms with Crippen LogP contribution in [0.2, 0.25) is 0 Å². The molecule has 0 fully saturated rings. The van der Waals surface area contributed by atoms with Crippen molar-refractivity contribution in [3.63, 3.8) is 0 Å². The number of hydrogen-bond donors (Lipinski definition) is 1. The molecule has 18 heavy (non-hydrogen) atoms. The second kappa shape index (κ2) is 5.14. The lowest BCUT2D eigenvalue weighted by Crippen LogP contribution is -1.99. The maximum absolute atomic E-state index is 11.0. The lowest BCUT2D eigenvalue weighted by molar-refractivity contribution is -0.384. The third-order valence-corrected chi connectivity index (χ3v) is 3.15. The van der Waals surface area contributed by atoms with E-state index in [1.165, 1.54) is 6.07 Å². The van der Waals surface area contributed by atoms with E-state index in [0.717, 1.165) is 4.47 Å². The van der Waals surface area contributed by atoms with E-state index in [9.17, 15) is 10.1 Å². The molecule has 0 aliphatic carbocycles. The zero-order chi connectivity index (χ0) is 13.1. The highest BCUT2D eigenvalue weighted by molar-refractivity contribution is 9.10. The van der Waals surface area contributed by atoms with Gasteiger partial charge in [0.15, 0.2) is 5.69 Å². The SMILES string of the molecule is CNc1ccc([N+](=O)[O-])c(-c2ccccc2Br)n1. The minimum atomic E-state index is -0.429. The molecule has 92 valence electrons. The van der Waals surface area contributed by atoms with Gasteiger partial charge >= 0.3 is 0 Å². The fourth-order valence-corrected chi connectivity index (χ4v) is 2.06. The fourth-order valence-electron chi connectivity index (χ4n) is 1.59. The summed E-state index contributed by atoms with van der Waals surface area (Å²) in [6, 6.07) is 10.3. The van der Waals surface area contributed by atoms with Crippen molar-refractivity contribution in [1.29, 1.82) is 0 Å². The first-order valence-electron chi connectivity index (χ1n) is 5.21. The molecule has 1 aromatic heterocycles. The number of aromatic nitrogens is 1. The van der Waals surface area contributed by atoms with Crippen LogP contribution >= 0.6 is 15.9 Å². The second-order valence-corrected chi connectivity index (χ2v) is 4.41. The Morgan fingerprint density at radius 3 is 2.61 bits per heavy atom. The van der Waals surface area contributed by atoms with Crippen LogP contribution in [0.3, 0.4) is 0 Å². The van der Waals surface area contributed by atoms with Gasteiger partial charge in [-0.2, -0.15) is 0 Å². The standard InChI is InChI=1S/C12H10BrN3O2/c1-14-11-7-6-10(16(17)18)12(15-11)8-4-2-3-5-9(8)13/h2-7H,1H3,(H,14,15). The van der Waals surface area contributed by atoms with Crippen molar-refractivity contribution in [2.75, 3.05) is 12.4 Å². The average Bonchev–Trinajstić information content (AvgIpc) is 2.38. The molecule has 1 aromatic carbocycles. The summed E-state index contributed by atoms with van der Waals surface area (Å²) in [4.78, 5) is 14.9. The van der Waals surface area contributed by atoms with Crippen molar-refractivity contribution in [3.8, 4) is 11.3 Å². The Labute approximate surface area is 112 Å². The van der Waals surface area contributed by atoms with Crippen molar-refractivity contribution in [2.45, 2.75) is 0 Å². The van der Waals surface area contributed by atoms with E-state index in [1.54, 1.807) is 19.2 Å². The lowest BCUT2D eigenvalue weighted by atomic mass is 10.1. The Hall–Kier alpha value is -1.95. The van der Waals surface area contributed by atoms with Gasteiger partial charge < -0.3 is 5.32 Å². The van der Waals surface area contributed by atoms with Gasteiger partial charge in [0.25, 0.3) is 5.69 Å². The first-order chi connectivity index (χ1) is 8.63.